The van der Waals surface area contributed by atoms with Gasteiger partial charge in [0, 0.05) is 13.1 Å². The highest BCUT2D eigenvalue weighted by Crippen LogP contribution is 2.20. The minimum absolute atomic E-state index is 1.24. The second kappa shape index (κ2) is 9.30. The third kappa shape index (κ3) is 8.98. The average molecular weight is 331 g/mol. The van der Waals surface area contributed by atoms with Crippen LogP contribution in [-0.4, -0.2) is 36.5 Å². The van der Waals surface area contributed by atoms with Crippen molar-refractivity contribution >= 4 is 10.1 Å². The zero-order valence-corrected chi connectivity index (χ0v) is 13.3. The van der Waals surface area contributed by atoms with Gasteiger partial charge in [-0.25, -0.2) is 0 Å². The molecule has 0 aromatic carbocycles. The topological polar surface area (TPSA) is 57.6 Å². The number of rotatable bonds is 6. The predicted octanol–water partition coefficient (Wildman–Crippen LogP) is 3.96. The summed E-state index contributed by atoms with van der Waals surface area (Å²) < 4.78 is 57.5. The fourth-order valence-electron chi connectivity index (χ4n) is 1.86. The standard InChI is InChI=1S/C12H23N.CHF3O3S/c1-3-5-6-7-9-13-10-8-12(4-2)11-13;2-1(3,4)8(5,6)7/h11H,3-10H2,1-2H3;(H,5,6,7). The molecule has 0 aromatic rings. The second-order valence-electron chi connectivity index (χ2n) is 4.91. The molecule has 126 valence electrons. The first kappa shape index (κ1) is 20.2. The summed E-state index contributed by atoms with van der Waals surface area (Å²) in [4.78, 5) is 2.49. The van der Waals surface area contributed by atoms with Crippen molar-refractivity contribution in [1.82, 2.24) is 4.90 Å². The van der Waals surface area contributed by atoms with E-state index >= 15 is 0 Å². The molecule has 1 aliphatic rings. The van der Waals surface area contributed by atoms with Crippen molar-refractivity contribution in [3.8, 4) is 0 Å². The fraction of sp³-hybridized carbons (Fsp3) is 0.846. The van der Waals surface area contributed by atoms with Gasteiger partial charge < -0.3 is 4.90 Å². The Kier molecular flexibility index (Phi) is 8.96. The maximum absolute atomic E-state index is 10.7. The van der Waals surface area contributed by atoms with Gasteiger partial charge in [-0.2, -0.15) is 21.6 Å². The molecule has 0 amide bonds. The Morgan fingerprint density at radius 2 is 1.81 bits per heavy atom. The monoisotopic (exact) mass is 331 g/mol. The normalized spacial score (nSPS) is 15.5. The number of alkyl halides is 3. The van der Waals surface area contributed by atoms with Gasteiger partial charge in [0.15, 0.2) is 0 Å². The molecule has 0 atom stereocenters. The van der Waals surface area contributed by atoms with Gasteiger partial charge in [-0.1, -0.05) is 38.7 Å². The molecule has 0 aromatic heterocycles. The quantitative estimate of drug-likeness (QED) is 0.455. The first-order valence-corrected chi connectivity index (χ1v) is 8.53. The van der Waals surface area contributed by atoms with Crippen LogP contribution in [-0.2, 0) is 10.1 Å². The average Bonchev–Trinajstić information content (AvgIpc) is 2.81. The van der Waals surface area contributed by atoms with Gasteiger partial charge in [-0.15, -0.1) is 0 Å². The SMILES string of the molecule is CCCCCCN1C=C(CC)CC1.O=S(=O)(O)C(F)(F)F. The van der Waals surface area contributed by atoms with Crippen molar-refractivity contribution in [1.29, 1.82) is 0 Å². The molecule has 0 fully saturated rings. The highest BCUT2D eigenvalue weighted by molar-refractivity contribution is 7.86. The van der Waals surface area contributed by atoms with Gasteiger partial charge in [0.05, 0.1) is 0 Å². The predicted molar refractivity (Wildman–Crippen MR) is 76.3 cm³/mol. The van der Waals surface area contributed by atoms with E-state index in [2.05, 4.69) is 24.9 Å². The number of halogens is 3. The van der Waals surface area contributed by atoms with Gasteiger partial charge >= 0.3 is 15.6 Å². The lowest BCUT2D eigenvalue weighted by Gasteiger charge is -2.14. The molecule has 4 nitrogen and oxygen atoms in total. The molecule has 0 aliphatic carbocycles. The smallest absolute Gasteiger partial charge is 0.377 e. The zero-order chi connectivity index (χ0) is 16.5. The molecule has 1 heterocycles. The summed E-state index contributed by atoms with van der Waals surface area (Å²) in [7, 11) is -5.84. The lowest BCUT2D eigenvalue weighted by molar-refractivity contribution is -0.0510. The summed E-state index contributed by atoms with van der Waals surface area (Å²) in [5.41, 5.74) is -3.90. The molecule has 0 saturated heterocycles. The van der Waals surface area contributed by atoms with Crippen LogP contribution in [0.25, 0.3) is 0 Å². The molecular weight excluding hydrogens is 307 g/mol. The third-order valence-electron chi connectivity index (χ3n) is 3.13. The van der Waals surface area contributed by atoms with E-state index in [9.17, 15) is 13.2 Å². The van der Waals surface area contributed by atoms with E-state index in [1.807, 2.05) is 0 Å². The van der Waals surface area contributed by atoms with Gasteiger partial charge in [0.2, 0.25) is 0 Å². The van der Waals surface area contributed by atoms with Crippen LogP contribution < -0.4 is 0 Å². The molecule has 0 radical (unpaired) electrons. The summed E-state index contributed by atoms with van der Waals surface area (Å²) >= 11 is 0. The molecule has 0 spiro atoms. The lowest BCUT2D eigenvalue weighted by Crippen LogP contribution is -2.21. The third-order valence-corrected chi connectivity index (χ3v) is 3.72. The minimum Gasteiger partial charge on any atom is -0.377 e. The van der Waals surface area contributed by atoms with E-state index in [4.69, 9.17) is 13.0 Å². The van der Waals surface area contributed by atoms with Crippen LogP contribution in [0.2, 0.25) is 0 Å². The van der Waals surface area contributed by atoms with Crippen LogP contribution in [0.4, 0.5) is 13.2 Å². The largest absolute Gasteiger partial charge is 0.522 e. The molecule has 8 heteroatoms. The molecular formula is C13H24F3NO3S. The summed E-state index contributed by atoms with van der Waals surface area (Å²) in [5, 5.41) is 0. The Morgan fingerprint density at radius 1 is 1.24 bits per heavy atom. The Morgan fingerprint density at radius 3 is 2.19 bits per heavy atom. The van der Waals surface area contributed by atoms with Gasteiger partial charge in [-0.3, -0.25) is 4.55 Å². The first-order valence-electron chi connectivity index (χ1n) is 7.09. The van der Waals surface area contributed by atoms with Crippen molar-refractivity contribution in [3.63, 3.8) is 0 Å². The zero-order valence-electron chi connectivity index (χ0n) is 12.5. The minimum atomic E-state index is -5.84. The summed E-state index contributed by atoms with van der Waals surface area (Å²) in [5.74, 6) is 0. The van der Waals surface area contributed by atoms with Gasteiger partial charge in [-0.05, 0) is 25.5 Å². The number of hydrogen-bond donors (Lipinski definition) is 1. The van der Waals surface area contributed by atoms with Crippen molar-refractivity contribution in [3.05, 3.63) is 11.8 Å². The van der Waals surface area contributed by atoms with Gasteiger partial charge in [0.1, 0.15) is 0 Å². The molecule has 0 unspecified atom stereocenters. The van der Waals surface area contributed by atoms with Crippen LogP contribution in [0.1, 0.15) is 52.4 Å². The van der Waals surface area contributed by atoms with Gasteiger partial charge in [0.25, 0.3) is 0 Å². The van der Waals surface area contributed by atoms with Crippen molar-refractivity contribution in [2.24, 2.45) is 0 Å². The summed E-state index contributed by atoms with van der Waals surface area (Å²) in [6, 6.07) is 0. The number of nitrogens with zero attached hydrogens (tertiary/aromatic N) is 1. The van der Waals surface area contributed by atoms with E-state index in [0.717, 1.165) is 0 Å². The molecule has 0 bridgehead atoms. The Labute approximate surface area is 124 Å². The highest BCUT2D eigenvalue weighted by Gasteiger charge is 2.44. The summed E-state index contributed by atoms with van der Waals surface area (Å²) in [6.07, 6.45) is 10.5. The van der Waals surface area contributed by atoms with Crippen molar-refractivity contribution in [2.75, 3.05) is 13.1 Å². The molecule has 21 heavy (non-hydrogen) atoms. The Balaban J connectivity index is 0.000000433. The van der Waals surface area contributed by atoms with E-state index in [0.29, 0.717) is 0 Å². The van der Waals surface area contributed by atoms with Crippen molar-refractivity contribution in [2.45, 2.75) is 57.9 Å². The second-order valence-corrected chi connectivity index (χ2v) is 6.32. The van der Waals surface area contributed by atoms with Crippen LogP contribution in [0, 0.1) is 0 Å². The van der Waals surface area contributed by atoms with E-state index in [1.165, 1.54) is 51.6 Å². The van der Waals surface area contributed by atoms with Crippen LogP contribution in [0.3, 0.4) is 0 Å². The molecule has 0 saturated carbocycles. The fourth-order valence-corrected chi connectivity index (χ4v) is 1.86. The number of unbranched alkanes of at least 4 members (excludes halogenated alkanes) is 3. The Hall–Kier alpha value is -0.760. The molecule has 1 N–H and O–H groups in total. The number of hydrogen-bond acceptors (Lipinski definition) is 3. The maximum Gasteiger partial charge on any atom is 0.522 e. The summed E-state index contributed by atoms with van der Waals surface area (Å²) in [6.45, 7) is 7.08. The van der Waals surface area contributed by atoms with Crippen molar-refractivity contribution < 1.29 is 26.1 Å². The van der Waals surface area contributed by atoms with E-state index in [-0.39, 0.29) is 0 Å². The van der Waals surface area contributed by atoms with Crippen LogP contribution in [0.15, 0.2) is 11.8 Å². The maximum atomic E-state index is 10.7. The molecule has 1 aliphatic heterocycles. The van der Waals surface area contributed by atoms with Crippen LogP contribution >= 0.6 is 0 Å². The lowest BCUT2D eigenvalue weighted by atomic mass is 10.2. The highest BCUT2D eigenvalue weighted by atomic mass is 32.2. The molecule has 1 rings (SSSR count). The first-order chi connectivity index (χ1) is 9.61. The van der Waals surface area contributed by atoms with E-state index in [1.54, 1.807) is 5.57 Å². The van der Waals surface area contributed by atoms with Crippen LogP contribution in [0.5, 0.6) is 0 Å². The van der Waals surface area contributed by atoms with E-state index < -0.39 is 15.6 Å². The Bertz CT molecular complexity index is 419.